The first-order chi connectivity index (χ1) is 14.2. The smallest absolute Gasteiger partial charge is 0.261 e. The maximum atomic E-state index is 12.6. The van der Waals surface area contributed by atoms with Gasteiger partial charge in [-0.15, -0.1) is 0 Å². The molecular formula is C20H17Cl2N3O3S2. The molecule has 10 heteroatoms. The molecule has 0 spiro atoms. The Balaban J connectivity index is 1.65. The van der Waals surface area contributed by atoms with Gasteiger partial charge < -0.3 is 15.4 Å². The van der Waals surface area contributed by atoms with Crippen molar-refractivity contribution in [2.75, 3.05) is 22.5 Å². The molecule has 0 unspecified atom stereocenters. The minimum absolute atomic E-state index is 0.0816. The van der Waals surface area contributed by atoms with Crippen molar-refractivity contribution in [3.63, 3.8) is 0 Å². The van der Waals surface area contributed by atoms with Gasteiger partial charge in [0.1, 0.15) is 5.75 Å². The number of hydrogen-bond donors (Lipinski definition) is 3. The van der Waals surface area contributed by atoms with Crippen molar-refractivity contribution in [1.82, 2.24) is 0 Å². The Morgan fingerprint density at radius 1 is 0.833 bits per heavy atom. The van der Waals surface area contributed by atoms with Crippen LogP contribution < -0.4 is 20.1 Å². The number of anilines is 3. The van der Waals surface area contributed by atoms with E-state index in [4.69, 9.17) is 40.2 Å². The Bertz CT molecular complexity index is 1130. The highest BCUT2D eigenvalue weighted by Crippen LogP contribution is 2.25. The van der Waals surface area contributed by atoms with Gasteiger partial charge in [-0.2, -0.15) is 0 Å². The lowest BCUT2D eigenvalue weighted by atomic mass is 10.3. The average molecular weight is 482 g/mol. The van der Waals surface area contributed by atoms with E-state index in [1.54, 1.807) is 19.2 Å². The summed E-state index contributed by atoms with van der Waals surface area (Å²) in [5.74, 6) is 0.741. The highest BCUT2D eigenvalue weighted by molar-refractivity contribution is 7.92. The summed E-state index contributed by atoms with van der Waals surface area (Å²) >= 11 is 17.1. The van der Waals surface area contributed by atoms with Crippen LogP contribution in [0.1, 0.15) is 0 Å². The Hall–Kier alpha value is -2.52. The van der Waals surface area contributed by atoms with Gasteiger partial charge in [-0.05, 0) is 78.9 Å². The third-order valence-corrected chi connectivity index (χ3v) is 5.92. The standard InChI is InChI=1S/C20H17Cl2N3O3S2/c1-28-18-6-2-15(3-7-18)23-20(29)24-16-4-8-19(9-5-16)30(26,27)25-17-11-13(21)10-14(22)12-17/h2-12,25H,1H3,(H2,23,24,29). The summed E-state index contributed by atoms with van der Waals surface area (Å²) in [4.78, 5) is 0.0816. The lowest BCUT2D eigenvalue weighted by molar-refractivity contribution is 0.415. The van der Waals surface area contributed by atoms with E-state index in [2.05, 4.69) is 15.4 Å². The van der Waals surface area contributed by atoms with E-state index >= 15 is 0 Å². The Morgan fingerprint density at radius 3 is 1.83 bits per heavy atom. The van der Waals surface area contributed by atoms with Gasteiger partial charge in [0.25, 0.3) is 10.0 Å². The molecule has 0 aliphatic rings. The highest BCUT2D eigenvalue weighted by Gasteiger charge is 2.15. The van der Waals surface area contributed by atoms with Crippen molar-refractivity contribution in [3.05, 3.63) is 76.8 Å². The van der Waals surface area contributed by atoms with Crippen molar-refractivity contribution >= 4 is 67.6 Å². The van der Waals surface area contributed by atoms with Gasteiger partial charge in [-0.1, -0.05) is 23.2 Å². The first-order valence-electron chi connectivity index (χ1n) is 8.56. The van der Waals surface area contributed by atoms with Crippen molar-refractivity contribution in [3.8, 4) is 5.75 Å². The fourth-order valence-corrected chi connectivity index (χ4v) is 4.31. The van der Waals surface area contributed by atoms with E-state index in [1.807, 2.05) is 24.3 Å². The molecule has 156 valence electrons. The zero-order valence-corrected chi connectivity index (χ0v) is 18.8. The van der Waals surface area contributed by atoms with Crippen molar-refractivity contribution in [2.45, 2.75) is 4.90 Å². The van der Waals surface area contributed by atoms with Crippen LogP contribution in [0.5, 0.6) is 5.75 Å². The number of sulfonamides is 1. The highest BCUT2D eigenvalue weighted by atomic mass is 35.5. The molecule has 0 aliphatic heterocycles. The molecule has 3 aromatic carbocycles. The summed E-state index contributed by atoms with van der Waals surface area (Å²) in [6, 6.07) is 17.9. The maximum Gasteiger partial charge on any atom is 0.261 e. The van der Waals surface area contributed by atoms with Gasteiger partial charge in [0.15, 0.2) is 5.11 Å². The predicted octanol–water partition coefficient (Wildman–Crippen LogP) is 5.61. The molecule has 6 nitrogen and oxygen atoms in total. The monoisotopic (exact) mass is 481 g/mol. The van der Waals surface area contributed by atoms with Crippen molar-refractivity contribution < 1.29 is 13.2 Å². The molecular weight excluding hydrogens is 465 g/mol. The predicted molar refractivity (Wildman–Crippen MR) is 127 cm³/mol. The van der Waals surface area contributed by atoms with Gasteiger partial charge in [0.05, 0.1) is 17.7 Å². The summed E-state index contributed by atoms with van der Waals surface area (Å²) in [7, 11) is -2.21. The third kappa shape index (κ3) is 5.99. The van der Waals surface area contributed by atoms with Crippen LogP contribution in [0, 0.1) is 0 Å². The molecule has 30 heavy (non-hydrogen) atoms. The minimum atomic E-state index is -3.80. The number of benzene rings is 3. The van der Waals surface area contributed by atoms with Crippen LogP contribution in [-0.2, 0) is 10.0 Å². The fraction of sp³-hybridized carbons (Fsp3) is 0.0500. The van der Waals surface area contributed by atoms with E-state index in [-0.39, 0.29) is 10.6 Å². The zero-order valence-electron chi connectivity index (χ0n) is 15.6. The summed E-state index contributed by atoms with van der Waals surface area (Å²) < 4.78 is 32.7. The lowest BCUT2D eigenvalue weighted by Crippen LogP contribution is -2.19. The molecule has 3 N–H and O–H groups in total. The molecule has 0 saturated heterocycles. The number of rotatable bonds is 6. The first-order valence-corrected chi connectivity index (χ1v) is 11.2. The second-order valence-corrected chi connectivity index (χ2v) is 9.06. The number of thiocarbonyl (C=S) groups is 1. The molecule has 0 radical (unpaired) electrons. The number of methoxy groups -OCH3 is 1. The molecule has 0 heterocycles. The number of hydrogen-bond acceptors (Lipinski definition) is 4. The Labute approximate surface area is 190 Å². The molecule has 0 saturated carbocycles. The van der Waals surface area contributed by atoms with Crippen LogP contribution in [0.15, 0.2) is 71.6 Å². The van der Waals surface area contributed by atoms with Crippen LogP contribution in [-0.4, -0.2) is 20.6 Å². The van der Waals surface area contributed by atoms with Gasteiger partial charge in [0.2, 0.25) is 0 Å². The van der Waals surface area contributed by atoms with Crippen LogP contribution in [0.25, 0.3) is 0 Å². The summed E-state index contributed by atoms with van der Waals surface area (Å²) in [6.45, 7) is 0. The Kier molecular flexibility index (Phi) is 7.04. The quantitative estimate of drug-likeness (QED) is 0.397. The van der Waals surface area contributed by atoms with Gasteiger partial charge >= 0.3 is 0 Å². The average Bonchev–Trinajstić information content (AvgIpc) is 2.67. The summed E-state index contributed by atoms with van der Waals surface area (Å²) in [6.07, 6.45) is 0. The molecule has 0 atom stereocenters. The van der Waals surface area contributed by atoms with E-state index in [0.717, 1.165) is 11.4 Å². The van der Waals surface area contributed by atoms with Crippen LogP contribution >= 0.6 is 35.4 Å². The second kappa shape index (κ2) is 9.53. The Morgan fingerprint density at radius 2 is 1.33 bits per heavy atom. The van der Waals surface area contributed by atoms with Crippen LogP contribution in [0.4, 0.5) is 17.1 Å². The molecule has 0 fully saturated rings. The van der Waals surface area contributed by atoms with Gasteiger partial charge in [-0.3, -0.25) is 4.72 Å². The molecule has 3 rings (SSSR count). The third-order valence-electron chi connectivity index (χ3n) is 3.89. The van der Waals surface area contributed by atoms with Gasteiger partial charge in [-0.25, -0.2) is 8.42 Å². The number of ether oxygens (including phenoxy) is 1. The summed E-state index contributed by atoms with van der Waals surface area (Å²) in [5.41, 5.74) is 1.70. The van der Waals surface area contributed by atoms with Crippen molar-refractivity contribution in [1.29, 1.82) is 0 Å². The molecule has 3 aromatic rings. The topological polar surface area (TPSA) is 79.5 Å². The van der Waals surface area contributed by atoms with Crippen LogP contribution in [0.3, 0.4) is 0 Å². The second-order valence-electron chi connectivity index (χ2n) is 6.10. The molecule has 0 bridgehead atoms. The molecule has 0 amide bonds. The van der Waals surface area contributed by atoms with E-state index in [1.165, 1.54) is 30.3 Å². The SMILES string of the molecule is COc1ccc(NC(=S)Nc2ccc(S(=O)(=O)Nc3cc(Cl)cc(Cl)c3)cc2)cc1. The fourth-order valence-electron chi connectivity index (χ4n) is 2.51. The van der Waals surface area contributed by atoms with E-state index in [9.17, 15) is 8.42 Å². The first kappa shape index (κ1) is 22.2. The largest absolute Gasteiger partial charge is 0.497 e. The molecule has 0 aliphatic carbocycles. The number of halogens is 2. The number of nitrogens with one attached hydrogen (secondary N) is 3. The van der Waals surface area contributed by atoms with Gasteiger partial charge in [0, 0.05) is 21.4 Å². The minimum Gasteiger partial charge on any atom is -0.497 e. The van der Waals surface area contributed by atoms with Crippen LogP contribution in [0.2, 0.25) is 10.0 Å². The van der Waals surface area contributed by atoms with E-state index < -0.39 is 10.0 Å². The summed E-state index contributed by atoms with van der Waals surface area (Å²) in [5, 5.41) is 7.07. The maximum absolute atomic E-state index is 12.6. The van der Waals surface area contributed by atoms with E-state index in [0.29, 0.717) is 20.8 Å². The lowest BCUT2D eigenvalue weighted by Gasteiger charge is -2.12. The normalized spacial score (nSPS) is 10.9. The zero-order chi connectivity index (χ0) is 21.7. The molecule has 0 aromatic heterocycles. The van der Waals surface area contributed by atoms with Crippen molar-refractivity contribution in [2.24, 2.45) is 0 Å².